The minimum absolute atomic E-state index is 0.362. The molecule has 1 aromatic carbocycles. The van der Waals surface area contributed by atoms with Crippen LogP contribution in [0.15, 0.2) is 30.5 Å². The van der Waals surface area contributed by atoms with Crippen molar-refractivity contribution in [2.75, 3.05) is 7.11 Å². The zero-order valence-electron chi connectivity index (χ0n) is 13.6. The fourth-order valence-electron chi connectivity index (χ4n) is 2.34. The van der Waals surface area contributed by atoms with Crippen LogP contribution in [-0.2, 0) is 9.31 Å². The minimum atomic E-state index is -0.433. The van der Waals surface area contributed by atoms with Crippen molar-refractivity contribution < 1.29 is 14.0 Å². The number of H-pyrrole nitrogens is 1. The van der Waals surface area contributed by atoms with Crippen LogP contribution in [0.4, 0.5) is 0 Å². The van der Waals surface area contributed by atoms with E-state index in [4.69, 9.17) is 14.0 Å². The number of ether oxygens (including phenoxy) is 1. The number of nitrogens with zero attached hydrogens (tertiary/aromatic N) is 1. The van der Waals surface area contributed by atoms with Crippen molar-refractivity contribution >= 4 is 12.7 Å². The van der Waals surface area contributed by atoms with E-state index in [0.29, 0.717) is 0 Å². The van der Waals surface area contributed by atoms with Crippen molar-refractivity contribution in [3.05, 3.63) is 30.5 Å². The monoisotopic (exact) mass is 300 g/mol. The average molecular weight is 300 g/mol. The van der Waals surface area contributed by atoms with Gasteiger partial charge in [-0.3, -0.25) is 0 Å². The van der Waals surface area contributed by atoms with Crippen LogP contribution in [0.5, 0.6) is 5.75 Å². The highest BCUT2D eigenvalue weighted by molar-refractivity contribution is 6.61. The highest BCUT2D eigenvalue weighted by Crippen LogP contribution is 2.36. The Kier molecular flexibility index (Phi) is 3.53. The first-order chi connectivity index (χ1) is 10.3. The second kappa shape index (κ2) is 5.14. The molecule has 5 nitrogen and oxygen atoms in total. The van der Waals surface area contributed by atoms with Crippen LogP contribution in [0.2, 0.25) is 0 Å². The number of hydrogen-bond acceptors (Lipinski definition) is 4. The second-order valence-corrected chi connectivity index (χ2v) is 6.51. The van der Waals surface area contributed by atoms with E-state index >= 15 is 0 Å². The molecule has 0 aliphatic carbocycles. The summed E-state index contributed by atoms with van der Waals surface area (Å²) in [5.74, 6) is 1.56. The van der Waals surface area contributed by atoms with Crippen LogP contribution in [0.1, 0.15) is 27.7 Å². The number of aromatic nitrogens is 2. The standard InChI is InChI=1S/C16H21BN2O3/c1-15(2)16(3,4)22-17(21-15)13-10-18-14(19-13)11-7-6-8-12(9-11)20-5/h6-10H,1-5H3,(H,18,19). The molecular formula is C16H21BN2O3. The lowest BCUT2D eigenvalue weighted by Crippen LogP contribution is -2.41. The van der Waals surface area contributed by atoms with E-state index in [2.05, 4.69) is 9.97 Å². The quantitative estimate of drug-likeness (QED) is 0.884. The number of imidazole rings is 1. The zero-order chi connectivity index (χ0) is 16.0. The van der Waals surface area contributed by atoms with Crippen LogP contribution in [-0.4, -0.2) is 35.4 Å². The zero-order valence-corrected chi connectivity index (χ0v) is 13.6. The molecule has 0 radical (unpaired) electrons. The minimum Gasteiger partial charge on any atom is -0.497 e. The molecule has 1 aliphatic rings. The van der Waals surface area contributed by atoms with Gasteiger partial charge in [-0.05, 0) is 39.8 Å². The lowest BCUT2D eigenvalue weighted by Gasteiger charge is -2.32. The molecule has 0 bridgehead atoms. The Bertz CT molecular complexity index is 666. The highest BCUT2D eigenvalue weighted by atomic mass is 16.7. The lowest BCUT2D eigenvalue weighted by atomic mass is 9.86. The maximum atomic E-state index is 6.03. The van der Waals surface area contributed by atoms with Gasteiger partial charge < -0.3 is 19.0 Å². The first-order valence-corrected chi connectivity index (χ1v) is 7.37. The van der Waals surface area contributed by atoms with Gasteiger partial charge in [-0.2, -0.15) is 0 Å². The first-order valence-electron chi connectivity index (χ1n) is 7.37. The van der Waals surface area contributed by atoms with Crippen molar-refractivity contribution in [2.45, 2.75) is 38.9 Å². The van der Waals surface area contributed by atoms with Gasteiger partial charge in [0.1, 0.15) is 11.6 Å². The van der Waals surface area contributed by atoms with Gasteiger partial charge in [0.05, 0.1) is 23.9 Å². The predicted molar refractivity (Wildman–Crippen MR) is 86.3 cm³/mol. The third kappa shape index (κ3) is 2.53. The van der Waals surface area contributed by atoms with Gasteiger partial charge in [0.25, 0.3) is 0 Å². The molecular weight excluding hydrogens is 279 g/mol. The maximum absolute atomic E-state index is 6.03. The molecule has 1 aliphatic heterocycles. The van der Waals surface area contributed by atoms with E-state index in [1.54, 1.807) is 13.3 Å². The van der Waals surface area contributed by atoms with Gasteiger partial charge in [0, 0.05) is 11.8 Å². The molecule has 6 heteroatoms. The van der Waals surface area contributed by atoms with Crippen molar-refractivity contribution in [3.8, 4) is 17.1 Å². The van der Waals surface area contributed by atoms with E-state index in [9.17, 15) is 0 Å². The Labute approximate surface area is 131 Å². The molecule has 0 unspecified atom stereocenters. The Morgan fingerprint density at radius 1 is 1.14 bits per heavy atom. The summed E-state index contributed by atoms with van der Waals surface area (Å²) >= 11 is 0. The molecule has 0 amide bonds. The van der Waals surface area contributed by atoms with Crippen molar-refractivity contribution in [2.24, 2.45) is 0 Å². The normalized spacial score (nSPS) is 19.4. The van der Waals surface area contributed by atoms with Crippen LogP contribution in [0.25, 0.3) is 11.4 Å². The summed E-state index contributed by atoms with van der Waals surface area (Å²) < 4.78 is 17.3. The van der Waals surface area contributed by atoms with E-state index in [-0.39, 0.29) is 11.2 Å². The Morgan fingerprint density at radius 3 is 2.45 bits per heavy atom. The maximum Gasteiger partial charge on any atom is 0.513 e. The molecule has 22 heavy (non-hydrogen) atoms. The summed E-state index contributed by atoms with van der Waals surface area (Å²) in [7, 11) is 1.22. The molecule has 0 atom stereocenters. The summed E-state index contributed by atoms with van der Waals surface area (Å²) in [5, 5.41) is 0. The summed E-state index contributed by atoms with van der Waals surface area (Å²) in [6.45, 7) is 8.14. The van der Waals surface area contributed by atoms with E-state index in [0.717, 1.165) is 22.7 Å². The van der Waals surface area contributed by atoms with Gasteiger partial charge >= 0.3 is 7.12 Å². The molecule has 1 saturated heterocycles. The van der Waals surface area contributed by atoms with E-state index < -0.39 is 7.12 Å². The van der Waals surface area contributed by atoms with Crippen LogP contribution >= 0.6 is 0 Å². The number of benzene rings is 1. The van der Waals surface area contributed by atoms with Crippen LogP contribution in [0.3, 0.4) is 0 Å². The van der Waals surface area contributed by atoms with E-state index in [1.807, 2.05) is 52.0 Å². The number of hydrogen-bond donors (Lipinski definition) is 1. The number of methoxy groups -OCH3 is 1. The van der Waals surface area contributed by atoms with E-state index in [1.165, 1.54) is 0 Å². The number of nitrogens with one attached hydrogen (secondary N) is 1. The predicted octanol–water partition coefficient (Wildman–Crippen LogP) is 2.38. The summed E-state index contributed by atoms with van der Waals surface area (Å²) in [5.41, 5.74) is 1.05. The molecule has 2 aromatic rings. The lowest BCUT2D eigenvalue weighted by molar-refractivity contribution is 0.00578. The number of rotatable bonds is 3. The Balaban J connectivity index is 1.86. The SMILES string of the molecule is COc1cccc(-c2ncc(B3OC(C)(C)C(C)(C)O3)[nH]2)c1. The topological polar surface area (TPSA) is 56.4 Å². The van der Waals surface area contributed by atoms with Gasteiger partial charge in [0.2, 0.25) is 0 Å². The number of aromatic amines is 1. The fourth-order valence-corrected chi connectivity index (χ4v) is 2.34. The molecule has 0 saturated carbocycles. The smallest absolute Gasteiger partial charge is 0.497 e. The van der Waals surface area contributed by atoms with Gasteiger partial charge in [-0.25, -0.2) is 4.98 Å². The Hall–Kier alpha value is -1.79. The van der Waals surface area contributed by atoms with Gasteiger partial charge in [-0.15, -0.1) is 0 Å². The average Bonchev–Trinajstić information content (AvgIpc) is 3.02. The molecule has 2 heterocycles. The fraction of sp³-hybridized carbons (Fsp3) is 0.438. The molecule has 1 aromatic heterocycles. The van der Waals surface area contributed by atoms with Crippen molar-refractivity contribution in [1.29, 1.82) is 0 Å². The van der Waals surface area contributed by atoms with Crippen LogP contribution < -0.4 is 10.3 Å². The first kappa shape index (κ1) is 15.1. The van der Waals surface area contributed by atoms with Crippen LogP contribution in [0, 0.1) is 0 Å². The Morgan fingerprint density at radius 2 is 1.82 bits per heavy atom. The highest BCUT2D eigenvalue weighted by Gasteiger charge is 2.52. The van der Waals surface area contributed by atoms with Crippen molar-refractivity contribution in [3.63, 3.8) is 0 Å². The summed E-state index contributed by atoms with van der Waals surface area (Å²) in [6.07, 6.45) is 1.76. The molecule has 0 spiro atoms. The summed E-state index contributed by atoms with van der Waals surface area (Å²) in [6, 6.07) is 7.76. The molecule has 3 rings (SSSR count). The third-order valence-corrected chi connectivity index (χ3v) is 4.45. The van der Waals surface area contributed by atoms with Gasteiger partial charge in [0.15, 0.2) is 0 Å². The summed E-state index contributed by atoms with van der Waals surface area (Å²) in [4.78, 5) is 7.71. The second-order valence-electron chi connectivity index (χ2n) is 6.51. The third-order valence-electron chi connectivity index (χ3n) is 4.45. The largest absolute Gasteiger partial charge is 0.513 e. The molecule has 116 valence electrons. The van der Waals surface area contributed by atoms with Gasteiger partial charge in [-0.1, -0.05) is 12.1 Å². The molecule has 1 N–H and O–H groups in total. The van der Waals surface area contributed by atoms with Crippen molar-refractivity contribution in [1.82, 2.24) is 9.97 Å². The molecule has 1 fully saturated rings.